The van der Waals surface area contributed by atoms with Crippen LogP contribution in [-0.2, 0) is 6.42 Å². The summed E-state index contributed by atoms with van der Waals surface area (Å²) in [6.07, 6.45) is 3.70. The summed E-state index contributed by atoms with van der Waals surface area (Å²) in [5.74, 6) is 0.907. The number of halogens is 2. The van der Waals surface area contributed by atoms with E-state index >= 15 is 0 Å². The van der Waals surface area contributed by atoms with Crippen molar-refractivity contribution in [3.05, 3.63) is 51.9 Å². The van der Waals surface area contributed by atoms with Gasteiger partial charge in [-0.05, 0) is 52.8 Å². The van der Waals surface area contributed by atoms with Gasteiger partial charge in [-0.1, -0.05) is 0 Å². The molecule has 0 amide bonds. The topological polar surface area (TPSA) is 64.4 Å². The van der Waals surface area contributed by atoms with Crippen LogP contribution in [0.5, 0.6) is 0 Å². The van der Waals surface area contributed by atoms with Crippen LogP contribution >= 0.6 is 15.9 Å². The average molecular weight is 366 g/mol. The van der Waals surface area contributed by atoms with Gasteiger partial charge < -0.3 is 10.2 Å². The number of aliphatic imine (C=N–C) groups is 1. The van der Waals surface area contributed by atoms with Gasteiger partial charge in [0.25, 0.3) is 0 Å². The van der Waals surface area contributed by atoms with Crippen LogP contribution in [0.4, 0.5) is 4.39 Å². The number of hydrogen-bond acceptors (Lipinski definition) is 4. The van der Waals surface area contributed by atoms with Gasteiger partial charge >= 0.3 is 0 Å². The van der Waals surface area contributed by atoms with Gasteiger partial charge in [0.2, 0.25) is 0 Å². The van der Waals surface area contributed by atoms with Gasteiger partial charge in [-0.15, -0.1) is 0 Å². The first-order chi connectivity index (χ1) is 10.5. The van der Waals surface area contributed by atoms with E-state index in [0.29, 0.717) is 34.8 Å². The van der Waals surface area contributed by atoms with Crippen LogP contribution in [0, 0.1) is 12.7 Å². The molecule has 0 fully saturated rings. The third-order valence-corrected chi connectivity index (χ3v) is 3.67. The number of rotatable bonds is 5. The molecule has 0 atom stereocenters. The first kappa shape index (κ1) is 16.4. The van der Waals surface area contributed by atoms with Crippen LogP contribution in [0.1, 0.15) is 18.6 Å². The van der Waals surface area contributed by atoms with E-state index in [0.717, 1.165) is 11.1 Å². The highest BCUT2D eigenvalue weighted by Gasteiger charge is 2.17. The average Bonchev–Trinajstić information content (AvgIpc) is 2.83. The monoisotopic (exact) mass is 365 g/mol. The number of nitrogens with two attached hydrogens (primary N) is 1. The molecule has 0 aliphatic rings. The minimum Gasteiger partial charge on any atom is -0.445 e. The molecule has 2 N–H and O–H groups in total. The van der Waals surface area contributed by atoms with Crippen LogP contribution in [-0.4, -0.2) is 17.7 Å². The van der Waals surface area contributed by atoms with Gasteiger partial charge in [-0.25, -0.2) is 9.37 Å². The molecule has 0 unspecified atom stereocenters. The second-order valence-electron chi connectivity index (χ2n) is 4.68. The summed E-state index contributed by atoms with van der Waals surface area (Å²) in [5, 5.41) is 0. The fourth-order valence-electron chi connectivity index (χ4n) is 2.02. The van der Waals surface area contributed by atoms with E-state index in [-0.39, 0.29) is 5.82 Å². The lowest BCUT2D eigenvalue weighted by molar-refractivity contribution is 0.484. The summed E-state index contributed by atoms with van der Waals surface area (Å²) in [4.78, 5) is 8.59. The molecular formula is C16H17BrFN3O. The standard InChI is InChI=1S/C16H17BrFN3O/c1-3-20-9-11(8-19)6-15-16(21-10(2)22-15)13-5-4-12(18)7-14(13)17/h4-5,7-9H,3,6,19H2,1-2H3. The number of oxazole rings is 1. The Labute approximate surface area is 137 Å². The van der Waals surface area contributed by atoms with Gasteiger partial charge in [0.15, 0.2) is 5.89 Å². The fraction of sp³-hybridized carbons (Fsp3) is 0.250. The van der Waals surface area contributed by atoms with Crippen molar-refractivity contribution < 1.29 is 8.81 Å². The van der Waals surface area contributed by atoms with Crippen molar-refractivity contribution in [1.29, 1.82) is 0 Å². The number of nitrogens with zero attached hydrogens (tertiary/aromatic N) is 2. The van der Waals surface area contributed by atoms with E-state index in [1.165, 1.54) is 18.3 Å². The largest absolute Gasteiger partial charge is 0.445 e. The van der Waals surface area contributed by atoms with Crippen LogP contribution in [0.25, 0.3) is 11.3 Å². The van der Waals surface area contributed by atoms with E-state index in [2.05, 4.69) is 25.9 Å². The van der Waals surface area contributed by atoms with E-state index in [9.17, 15) is 4.39 Å². The molecule has 0 spiro atoms. The summed E-state index contributed by atoms with van der Waals surface area (Å²) in [7, 11) is 0. The fourth-order valence-corrected chi connectivity index (χ4v) is 2.56. The van der Waals surface area contributed by atoms with Crippen molar-refractivity contribution in [3.8, 4) is 11.3 Å². The third-order valence-electron chi connectivity index (χ3n) is 3.01. The Balaban J connectivity index is 2.40. The van der Waals surface area contributed by atoms with Crippen molar-refractivity contribution in [2.24, 2.45) is 10.7 Å². The van der Waals surface area contributed by atoms with Crippen LogP contribution in [0.15, 0.2) is 43.9 Å². The predicted octanol–water partition coefficient (Wildman–Crippen LogP) is 4.03. The number of benzene rings is 1. The molecule has 2 aromatic rings. The van der Waals surface area contributed by atoms with Crippen LogP contribution in [0.2, 0.25) is 0 Å². The molecule has 2 rings (SSSR count). The minimum absolute atomic E-state index is 0.310. The van der Waals surface area contributed by atoms with Crippen molar-refractivity contribution in [3.63, 3.8) is 0 Å². The molecular weight excluding hydrogens is 349 g/mol. The maximum absolute atomic E-state index is 13.3. The smallest absolute Gasteiger partial charge is 0.191 e. The van der Waals surface area contributed by atoms with Crippen LogP contribution < -0.4 is 5.73 Å². The minimum atomic E-state index is -0.310. The third kappa shape index (κ3) is 3.82. The zero-order chi connectivity index (χ0) is 16.1. The number of allylic oxidation sites excluding steroid dienone is 1. The quantitative estimate of drug-likeness (QED) is 0.813. The molecule has 22 heavy (non-hydrogen) atoms. The molecule has 1 aromatic carbocycles. The molecule has 1 heterocycles. The lowest BCUT2D eigenvalue weighted by atomic mass is 10.1. The SMILES string of the molecule is CCN=CC(=CN)Cc1oc(C)nc1-c1ccc(F)cc1Br. The maximum atomic E-state index is 13.3. The second kappa shape index (κ2) is 7.35. The molecule has 0 radical (unpaired) electrons. The molecule has 4 nitrogen and oxygen atoms in total. The Kier molecular flexibility index (Phi) is 5.49. The lowest BCUT2D eigenvalue weighted by Crippen LogP contribution is -1.98. The summed E-state index contributed by atoms with van der Waals surface area (Å²) >= 11 is 3.37. The first-order valence-electron chi connectivity index (χ1n) is 6.87. The highest BCUT2D eigenvalue weighted by atomic mass is 79.9. The Morgan fingerprint density at radius 1 is 1.50 bits per heavy atom. The molecule has 116 valence electrons. The van der Waals surface area contributed by atoms with Crippen molar-refractivity contribution in [2.75, 3.05) is 6.54 Å². The molecule has 6 heteroatoms. The molecule has 0 aliphatic heterocycles. The molecule has 1 aromatic heterocycles. The maximum Gasteiger partial charge on any atom is 0.191 e. The van der Waals surface area contributed by atoms with Gasteiger partial charge in [0.1, 0.15) is 17.3 Å². The Bertz CT molecular complexity index is 722. The first-order valence-corrected chi connectivity index (χ1v) is 7.66. The van der Waals surface area contributed by atoms with E-state index in [4.69, 9.17) is 10.2 Å². The van der Waals surface area contributed by atoms with E-state index in [1.807, 2.05) is 6.92 Å². The Morgan fingerprint density at radius 3 is 2.91 bits per heavy atom. The second-order valence-corrected chi connectivity index (χ2v) is 5.53. The van der Waals surface area contributed by atoms with Crippen molar-refractivity contribution in [1.82, 2.24) is 4.98 Å². The molecule has 0 saturated carbocycles. The zero-order valence-corrected chi connectivity index (χ0v) is 14.0. The Morgan fingerprint density at radius 2 is 2.27 bits per heavy atom. The number of aromatic nitrogens is 1. The van der Waals surface area contributed by atoms with Gasteiger partial charge in [0, 0.05) is 36.1 Å². The van der Waals surface area contributed by atoms with Crippen LogP contribution in [0.3, 0.4) is 0 Å². The summed E-state index contributed by atoms with van der Waals surface area (Å²) < 4.78 is 19.6. The highest BCUT2D eigenvalue weighted by Crippen LogP contribution is 2.32. The highest BCUT2D eigenvalue weighted by molar-refractivity contribution is 9.10. The number of aryl methyl sites for hydroxylation is 1. The normalized spacial score (nSPS) is 12.3. The van der Waals surface area contributed by atoms with Gasteiger partial charge in [-0.2, -0.15) is 0 Å². The van der Waals surface area contributed by atoms with E-state index in [1.54, 1.807) is 19.2 Å². The lowest BCUT2D eigenvalue weighted by Gasteiger charge is -2.04. The molecule has 0 saturated heterocycles. The van der Waals surface area contributed by atoms with Crippen molar-refractivity contribution >= 4 is 22.1 Å². The number of hydrogen-bond donors (Lipinski definition) is 1. The summed E-state index contributed by atoms with van der Waals surface area (Å²) in [5.41, 5.74) is 7.91. The molecule has 0 bridgehead atoms. The molecule has 0 aliphatic carbocycles. The summed E-state index contributed by atoms with van der Waals surface area (Å²) in [6, 6.07) is 4.47. The predicted molar refractivity (Wildman–Crippen MR) is 89.3 cm³/mol. The summed E-state index contributed by atoms with van der Waals surface area (Å²) in [6.45, 7) is 4.41. The van der Waals surface area contributed by atoms with Gasteiger partial charge in [0.05, 0.1) is 0 Å². The van der Waals surface area contributed by atoms with E-state index < -0.39 is 0 Å². The Hall–Kier alpha value is -1.95. The zero-order valence-electron chi connectivity index (χ0n) is 12.4. The van der Waals surface area contributed by atoms with Gasteiger partial charge in [-0.3, -0.25) is 4.99 Å². The van der Waals surface area contributed by atoms with Crippen molar-refractivity contribution in [2.45, 2.75) is 20.3 Å².